The van der Waals surface area contributed by atoms with Crippen molar-refractivity contribution in [3.05, 3.63) is 41.3 Å². The van der Waals surface area contributed by atoms with Gasteiger partial charge >= 0.3 is 6.01 Å². The normalized spacial score (nSPS) is 10.8. The Morgan fingerprint density at radius 2 is 1.90 bits per heavy atom. The molecule has 0 spiro atoms. The molecule has 0 aliphatic heterocycles. The maximum absolute atomic E-state index is 5.92. The van der Waals surface area contributed by atoms with E-state index < -0.39 is 0 Å². The lowest BCUT2D eigenvalue weighted by atomic mass is 10.1. The number of ether oxygens (including phenoxy) is 1. The first-order valence-electron chi connectivity index (χ1n) is 6.58. The highest BCUT2D eigenvalue weighted by atomic mass is 35.5. The van der Waals surface area contributed by atoms with Gasteiger partial charge in [-0.15, -0.1) is 0 Å². The van der Waals surface area contributed by atoms with Crippen LogP contribution in [0.3, 0.4) is 0 Å². The Labute approximate surface area is 127 Å². The van der Waals surface area contributed by atoms with Crippen molar-refractivity contribution >= 4 is 22.5 Å². The fourth-order valence-electron chi connectivity index (χ4n) is 2.02. The number of aryl methyl sites for hydroxylation is 1. The molecule has 6 heteroatoms. The number of rotatable bonds is 3. The fourth-order valence-corrected chi connectivity index (χ4v) is 2.17. The summed E-state index contributed by atoms with van der Waals surface area (Å²) in [5.74, 6) is 0.487. The zero-order valence-corrected chi connectivity index (χ0v) is 12.4. The molecule has 0 aliphatic rings. The summed E-state index contributed by atoms with van der Waals surface area (Å²) in [7, 11) is 0. The molecule has 2 aromatic heterocycles. The second-order valence-corrected chi connectivity index (χ2v) is 4.84. The Hall–Kier alpha value is -2.27. The zero-order chi connectivity index (χ0) is 14.8. The molecule has 0 fully saturated rings. The van der Waals surface area contributed by atoms with E-state index in [1.54, 1.807) is 0 Å². The molecule has 106 valence electrons. The van der Waals surface area contributed by atoms with Gasteiger partial charge in [0.2, 0.25) is 5.28 Å². The smallest absolute Gasteiger partial charge is 0.321 e. The Kier molecular flexibility index (Phi) is 3.66. The Bertz CT molecular complexity index is 807. The van der Waals surface area contributed by atoms with Crippen LogP contribution in [0.25, 0.3) is 22.3 Å². The van der Waals surface area contributed by atoms with Crippen LogP contribution in [0.5, 0.6) is 6.01 Å². The minimum Gasteiger partial charge on any atom is -0.464 e. The van der Waals surface area contributed by atoms with Crippen molar-refractivity contribution in [1.82, 2.24) is 19.9 Å². The lowest BCUT2D eigenvalue weighted by molar-refractivity contribution is 0.312. The van der Waals surface area contributed by atoms with Gasteiger partial charge in [0, 0.05) is 16.6 Å². The second kappa shape index (κ2) is 5.61. The minimum atomic E-state index is 0.116. The third kappa shape index (κ3) is 2.92. The van der Waals surface area contributed by atoms with Gasteiger partial charge in [-0.1, -0.05) is 6.07 Å². The summed E-state index contributed by atoms with van der Waals surface area (Å²) in [6.07, 6.45) is 0. The van der Waals surface area contributed by atoms with E-state index in [9.17, 15) is 0 Å². The maximum Gasteiger partial charge on any atom is 0.321 e. The number of benzene rings is 1. The van der Waals surface area contributed by atoms with Crippen molar-refractivity contribution < 1.29 is 4.74 Å². The number of pyridine rings is 1. The second-order valence-electron chi connectivity index (χ2n) is 4.50. The van der Waals surface area contributed by atoms with Gasteiger partial charge in [-0.05, 0) is 49.7 Å². The van der Waals surface area contributed by atoms with Crippen molar-refractivity contribution in [2.45, 2.75) is 13.8 Å². The van der Waals surface area contributed by atoms with Crippen molar-refractivity contribution in [3.63, 3.8) is 0 Å². The first kappa shape index (κ1) is 13.7. The molecule has 0 unspecified atom stereocenters. The number of hydrogen-bond donors (Lipinski definition) is 0. The molecule has 0 N–H and O–H groups in total. The summed E-state index contributed by atoms with van der Waals surface area (Å²) in [5.41, 5.74) is 2.76. The standard InChI is InChI=1S/C15H13ClN4O/c1-3-21-15-19-13(18-14(16)20-15)11-6-7-12-10(8-11)5-4-9(2)17-12/h4-8H,3H2,1-2H3. The lowest BCUT2D eigenvalue weighted by Gasteiger charge is -2.06. The van der Waals surface area contributed by atoms with Gasteiger partial charge in [-0.3, -0.25) is 4.98 Å². The average Bonchev–Trinajstić information content (AvgIpc) is 2.46. The van der Waals surface area contributed by atoms with Gasteiger partial charge < -0.3 is 4.74 Å². The third-order valence-corrected chi connectivity index (χ3v) is 3.12. The molecule has 0 bridgehead atoms. The average molecular weight is 301 g/mol. The van der Waals surface area contributed by atoms with Crippen LogP contribution in [-0.4, -0.2) is 26.5 Å². The largest absolute Gasteiger partial charge is 0.464 e. The van der Waals surface area contributed by atoms with Crippen molar-refractivity contribution in [2.75, 3.05) is 6.61 Å². The van der Waals surface area contributed by atoms with Crippen molar-refractivity contribution in [1.29, 1.82) is 0 Å². The monoisotopic (exact) mass is 300 g/mol. The highest BCUT2D eigenvalue weighted by Crippen LogP contribution is 2.23. The molecule has 0 saturated carbocycles. The van der Waals surface area contributed by atoms with Gasteiger partial charge in [0.15, 0.2) is 5.82 Å². The van der Waals surface area contributed by atoms with Crippen LogP contribution in [-0.2, 0) is 0 Å². The van der Waals surface area contributed by atoms with E-state index in [0.717, 1.165) is 22.2 Å². The first-order chi connectivity index (χ1) is 10.2. The summed E-state index contributed by atoms with van der Waals surface area (Å²) >= 11 is 5.92. The van der Waals surface area contributed by atoms with Crippen molar-refractivity contribution in [3.8, 4) is 17.4 Å². The summed E-state index contributed by atoms with van der Waals surface area (Å²) in [6.45, 7) is 4.30. The molecule has 3 rings (SSSR count). The van der Waals surface area contributed by atoms with Gasteiger partial charge in [0.1, 0.15) is 0 Å². The molecule has 0 atom stereocenters. The van der Waals surface area contributed by atoms with E-state index >= 15 is 0 Å². The van der Waals surface area contributed by atoms with Gasteiger partial charge in [0.25, 0.3) is 0 Å². The maximum atomic E-state index is 5.92. The minimum absolute atomic E-state index is 0.116. The lowest BCUT2D eigenvalue weighted by Crippen LogP contribution is -2.01. The fraction of sp³-hybridized carbons (Fsp3) is 0.200. The molecule has 0 amide bonds. The molecule has 1 aromatic carbocycles. The predicted octanol–water partition coefficient (Wildman–Crippen LogP) is 3.45. The van der Waals surface area contributed by atoms with Crippen LogP contribution in [0.2, 0.25) is 5.28 Å². The Morgan fingerprint density at radius 1 is 1.05 bits per heavy atom. The van der Waals surface area contributed by atoms with Crippen LogP contribution >= 0.6 is 11.6 Å². The SMILES string of the molecule is CCOc1nc(Cl)nc(-c2ccc3nc(C)ccc3c2)n1. The highest BCUT2D eigenvalue weighted by Gasteiger charge is 2.09. The molecule has 0 radical (unpaired) electrons. The number of hydrogen-bond acceptors (Lipinski definition) is 5. The molecule has 21 heavy (non-hydrogen) atoms. The van der Waals surface area contributed by atoms with E-state index in [4.69, 9.17) is 16.3 Å². The summed E-state index contributed by atoms with van der Waals surface area (Å²) < 4.78 is 5.29. The van der Waals surface area contributed by atoms with E-state index in [2.05, 4.69) is 19.9 Å². The van der Waals surface area contributed by atoms with Gasteiger partial charge in [-0.25, -0.2) is 0 Å². The third-order valence-electron chi connectivity index (χ3n) is 2.95. The molecule has 0 saturated heterocycles. The number of aromatic nitrogens is 4. The first-order valence-corrected chi connectivity index (χ1v) is 6.95. The number of fused-ring (bicyclic) bond motifs is 1. The van der Waals surface area contributed by atoms with Gasteiger partial charge in [0.05, 0.1) is 12.1 Å². The quantitative estimate of drug-likeness (QED) is 0.741. The van der Waals surface area contributed by atoms with Gasteiger partial charge in [-0.2, -0.15) is 15.0 Å². The van der Waals surface area contributed by atoms with Crippen LogP contribution in [0.15, 0.2) is 30.3 Å². The molecule has 2 heterocycles. The zero-order valence-electron chi connectivity index (χ0n) is 11.7. The highest BCUT2D eigenvalue weighted by molar-refractivity contribution is 6.28. The molecule has 0 aliphatic carbocycles. The summed E-state index contributed by atoms with van der Waals surface area (Å²) in [6, 6.07) is 10.1. The number of nitrogens with zero attached hydrogens (tertiary/aromatic N) is 4. The van der Waals surface area contributed by atoms with Crippen LogP contribution < -0.4 is 4.74 Å². The van der Waals surface area contributed by atoms with E-state index in [1.165, 1.54) is 0 Å². The number of halogens is 1. The van der Waals surface area contributed by atoms with E-state index in [1.807, 2.05) is 44.2 Å². The van der Waals surface area contributed by atoms with E-state index in [-0.39, 0.29) is 11.3 Å². The summed E-state index contributed by atoms with van der Waals surface area (Å²) in [5, 5.41) is 1.14. The van der Waals surface area contributed by atoms with Crippen LogP contribution in [0.1, 0.15) is 12.6 Å². The molecule has 5 nitrogen and oxygen atoms in total. The molecule has 3 aromatic rings. The summed E-state index contributed by atoms with van der Waals surface area (Å²) in [4.78, 5) is 16.8. The van der Waals surface area contributed by atoms with Crippen LogP contribution in [0.4, 0.5) is 0 Å². The van der Waals surface area contributed by atoms with E-state index in [0.29, 0.717) is 12.4 Å². The van der Waals surface area contributed by atoms with Crippen molar-refractivity contribution in [2.24, 2.45) is 0 Å². The molecular weight excluding hydrogens is 288 g/mol. The Morgan fingerprint density at radius 3 is 2.71 bits per heavy atom. The Balaban J connectivity index is 2.09. The topological polar surface area (TPSA) is 60.8 Å². The van der Waals surface area contributed by atoms with Crippen LogP contribution in [0, 0.1) is 6.92 Å². The predicted molar refractivity (Wildman–Crippen MR) is 81.5 cm³/mol. The molecular formula is C15H13ClN4O.